The first kappa shape index (κ1) is 8.34. The van der Waals surface area contributed by atoms with Gasteiger partial charge in [0.05, 0.1) is 6.54 Å². The van der Waals surface area contributed by atoms with Gasteiger partial charge in [0.15, 0.2) is 0 Å². The van der Waals surface area contributed by atoms with Crippen LogP contribution in [0.5, 0.6) is 0 Å². The van der Waals surface area contributed by atoms with Crippen LogP contribution in [0.4, 0.5) is 0 Å². The van der Waals surface area contributed by atoms with Gasteiger partial charge in [-0.3, -0.25) is 4.99 Å². The Balaban J connectivity index is 2.64. The van der Waals surface area contributed by atoms with Crippen LogP contribution in [-0.2, 0) is 0 Å². The Morgan fingerprint density at radius 1 is 1.82 bits per heavy atom. The van der Waals surface area contributed by atoms with Crippen LogP contribution >= 0.6 is 11.8 Å². The number of nitrogens with zero attached hydrogens (tertiary/aromatic N) is 1. The van der Waals surface area contributed by atoms with E-state index in [1.54, 1.807) is 11.8 Å². The highest BCUT2D eigenvalue weighted by molar-refractivity contribution is 8.06. The molecule has 1 aliphatic heterocycles. The predicted molar refractivity (Wildman–Crippen MR) is 53.0 cm³/mol. The zero-order valence-corrected chi connectivity index (χ0v) is 7.40. The van der Waals surface area contributed by atoms with E-state index in [1.807, 2.05) is 24.6 Å². The Hall–Kier alpha value is -0.760. The van der Waals surface area contributed by atoms with Crippen molar-refractivity contribution in [3.63, 3.8) is 0 Å². The van der Waals surface area contributed by atoms with E-state index >= 15 is 0 Å². The van der Waals surface area contributed by atoms with Crippen molar-refractivity contribution >= 4 is 18.0 Å². The molecule has 0 amide bonds. The zero-order chi connectivity index (χ0) is 8.10. The molecule has 0 fully saturated rings. The Labute approximate surface area is 71.6 Å². The van der Waals surface area contributed by atoms with Crippen molar-refractivity contribution in [2.45, 2.75) is 6.92 Å². The minimum Gasteiger partial charge on any atom is -0.288 e. The molecule has 0 bridgehead atoms. The summed E-state index contributed by atoms with van der Waals surface area (Å²) in [4.78, 5) is 5.37. The maximum absolute atomic E-state index is 4.11. The first-order valence-corrected chi connectivity index (χ1v) is 4.39. The molecule has 0 atom stereocenters. The summed E-state index contributed by atoms with van der Waals surface area (Å²) in [6.07, 6.45) is 5.99. The number of hydrogen-bond acceptors (Lipinski definition) is 2. The van der Waals surface area contributed by atoms with Crippen molar-refractivity contribution in [1.82, 2.24) is 0 Å². The van der Waals surface area contributed by atoms with Crippen molar-refractivity contribution < 1.29 is 0 Å². The standard InChI is InChI=1S/C9H11NS/c1-3-9(11-4-2)8-5-6-10-7-8/h3-6H,2,7H2,1H3/b9-3-. The molecule has 11 heavy (non-hydrogen) atoms. The van der Waals surface area contributed by atoms with Crippen LogP contribution in [0.15, 0.2) is 39.6 Å². The molecule has 0 unspecified atom stereocenters. The third-order valence-electron chi connectivity index (χ3n) is 1.43. The largest absolute Gasteiger partial charge is 0.288 e. The van der Waals surface area contributed by atoms with Gasteiger partial charge in [-0.05, 0) is 24.0 Å². The summed E-state index contributed by atoms with van der Waals surface area (Å²) in [5.41, 5.74) is 1.29. The molecule has 0 N–H and O–H groups in total. The second-order valence-corrected chi connectivity index (χ2v) is 3.13. The third kappa shape index (κ3) is 2.09. The van der Waals surface area contributed by atoms with Crippen LogP contribution in [0.25, 0.3) is 0 Å². The van der Waals surface area contributed by atoms with Gasteiger partial charge in [0.2, 0.25) is 0 Å². The average Bonchev–Trinajstić information content (AvgIpc) is 2.52. The minimum absolute atomic E-state index is 0.820. The van der Waals surface area contributed by atoms with E-state index in [4.69, 9.17) is 0 Å². The van der Waals surface area contributed by atoms with Crippen molar-refractivity contribution in [1.29, 1.82) is 0 Å². The van der Waals surface area contributed by atoms with Gasteiger partial charge >= 0.3 is 0 Å². The average molecular weight is 165 g/mol. The Kier molecular flexibility index (Phi) is 3.17. The molecule has 1 aliphatic rings. The van der Waals surface area contributed by atoms with Crippen molar-refractivity contribution in [2.75, 3.05) is 6.54 Å². The zero-order valence-electron chi connectivity index (χ0n) is 6.58. The maximum atomic E-state index is 4.11. The molecular formula is C9H11NS. The lowest BCUT2D eigenvalue weighted by molar-refractivity contribution is 1.22. The summed E-state index contributed by atoms with van der Waals surface area (Å²) < 4.78 is 0. The highest BCUT2D eigenvalue weighted by atomic mass is 32.2. The highest BCUT2D eigenvalue weighted by Gasteiger charge is 2.04. The lowest BCUT2D eigenvalue weighted by atomic mass is 10.2. The van der Waals surface area contributed by atoms with Gasteiger partial charge in [-0.2, -0.15) is 0 Å². The number of rotatable bonds is 3. The molecule has 0 aromatic heterocycles. The predicted octanol–water partition coefficient (Wildman–Crippen LogP) is 2.78. The number of hydrogen-bond donors (Lipinski definition) is 0. The molecule has 0 aliphatic carbocycles. The molecule has 0 aromatic rings. The van der Waals surface area contributed by atoms with Gasteiger partial charge in [0.25, 0.3) is 0 Å². The lowest BCUT2D eigenvalue weighted by Gasteiger charge is -2.01. The van der Waals surface area contributed by atoms with Crippen LogP contribution in [0.3, 0.4) is 0 Å². The summed E-state index contributed by atoms with van der Waals surface area (Å²) in [6, 6.07) is 0. The molecule has 0 saturated carbocycles. The fourth-order valence-corrected chi connectivity index (χ4v) is 1.52. The van der Waals surface area contributed by atoms with E-state index in [0.29, 0.717) is 0 Å². The molecule has 1 nitrogen and oxygen atoms in total. The van der Waals surface area contributed by atoms with E-state index in [-0.39, 0.29) is 0 Å². The summed E-state index contributed by atoms with van der Waals surface area (Å²) in [5, 5.41) is 1.84. The number of thioether (sulfide) groups is 1. The first-order chi connectivity index (χ1) is 5.38. The molecule has 0 radical (unpaired) electrons. The van der Waals surface area contributed by atoms with Crippen LogP contribution in [0.1, 0.15) is 6.92 Å². The van der Waals surface area contributed by atoms with Crippen molar-refractivity contribution in [3.05, 3.63) is 34.6 Å². The summed E-state index contributed by atoms with van der Waals surface area (Å²) in [6.45, 7) is 6.53. The molecular weight excluding hydrogens is 154 g/mol. The fraction of sp³-hybridized carbons (Fsp3) is 0.222. The van der Waals surface area contributed by atoms with Gasteiger partial charge in [0.1, 0.15) is 0 Å². The number of allylic oxidation sites excluding steroid dienone is 2. The second-order valence-electron chi connectivity index (χ2n) is 2.12. The molecule has 2 heteroatoms. The first-order valence-electron chi connectivity index (χ1n) is 3.51. The fourth-order valence-electron chi connectivity index (χ4n) is 0.925. The van der Waals surface area contributed by atoms with E-state index in [1.165, 1.54) is 10.5 Å². The van der Waals surface area contributed by atoms with Crippen LogP contribution in [0, 0.1) is 0 Å². The summed E-state index contributed by atoms with van der Waals surface area (Å²) in [5.74, 6) is 0. The SMILES string of the molecule is C=CS/C(=C\C)C1=CC=NC1. The van der Waals surface area contributed by atoms with Gasteiger partial charge in [-0.25, -0.2) is 0 Å². The molecule has 58 valence electrons. The van der Waals surface area contributed by atoms with Gasteiger partial charge in [0, 0.05) is 11.1 Å². The van der Waals surface area contributed by atoms with Gasteiger partial charge in [-0.1, -0.05) is 24.4 Å². The highest BCUT2D eigenvalue weighted by Crippen LogP contribution is 2.25. The number of aliphatic imine (C=N–C) groups is 1. The maximum Gasteiger partial charge on any atom is 0.0651 e. The molecule has 0 aromatic carbocycles. The normalized spacial score (nSPS) is 16.8. The second kappa shape index (κ2) is 4.19. The van der Waals surface area contributed by atoms with Crippen molar-refractivity contribution in [2.24, 2.45) is 4.99 Å². The Morgan fingerprint density at radius 3 is 3.09 bits per heavy atom. The molecule has 1 heterocycles. The van der Waals surface area contributed by atoms with Crippen LogP contribution < -0.4 is 0 Å². The quantitative estimate of drug-likeness (QED) is 0.626. The third-order valence-corrected chi connectivity index (χ3v) is 2.35. The Bertz CT molecular complexity index is 236. The monoisotopic (exact) mass is 165 g/mol. The van der Waals surface area contributed by atoms with Crippen molar-refractivity contribution in [3.8, 4) is 0 Å². The van der Waals surface area contributed by atoms with Gasteiger partial charge in [-0.15, -0.1) is 0 Å². The van der Waals surface area contributed by atoms with Crippen LogP contribution in [-0.4, -0.2) is 12.8 Å². The van der Waals surface area contributed by atoms with E-state index in [9.17, 15) is 0 Å². The smallest absolute Gasteiger partial charge is 0.0651 e. The van der Waals surface area contributed by atoms with E-state index in [2.05, 4.69) is 17.6 Å². The van der Waals surface area contributed by atoms with Gasteiger partial charge < -0.3 is 0 Å². The summed E-state index contributed by atoms with van der Waals surface area (Å²) in [7, 11) is 0. The van der Waals surface area contributed by atoms with E-state index in [0.717, 1.165) is 6.54 Å². The lowest BCUT2D eigenvalue weighted by Crippen LogP contribution is -1.84. The molecule has 0 saturated heterocycles. The van der Waals surface area contributed by atoms with E-state index < -0.39 is 0 Å². The Morgan fingerprint density at radius 2 is 2.64 bits per heavy atom. The topological polar surface area (TPSA) is 12.4 Å². The van der Waals surface area contributed by atoms with Crippen LogP contribution in [0.2, 0.25) is 0 Å². The summed E-state index contributed by atoms with van der Waals surface area (Å²) >= 11 is 1.65. The molecule has 0 spiro atoms. The minimum atomic E-state index is 0.820. The molecule has 1 rings (SSSR count).